The van der Waals surface area contributed by atoms with Gasteiger partial charge in [-0.2, -0.15) is 0 Å². The molecule has 0 aliphatic carbocycles. The van der Waals surface area contributed by atoms with Crippen LogP contribution >= 0.6 is 0 Å². The summed E-state index contributed by atoms with van der Waals surface area (Å²) >= 11 is 0. The maximum atomic E-state index is 12.8. The van der Waals surface area contributed by atoms with Gasteiger partial charge in [-0.05, 0) is 39.7 Å². The fourth-order valence-electron chi connectivity index (χ4n) is 3.40. The summed E-state index contributed by atoms with van der Waals surface area (Å²) in [5, 5.41) is 2.39. The van der Waals surface area contributed by atoms with Crippen LogP contribution in [-0.2, 0) is 9.59 Å². The van der Waals surface area contributed by atoms with E-state index < -0.39 is 17.4 Å². The summed E-state index contributed by atoms with van der Waals surface area (Å²) in [6.07, 6.45) is 2.35. The molecule has 0 aromatic rings. The highest BCUT2D eigenvalue weighted by Gasteiger charge is 2.53. The summed E-state index contributed by atoms with van der Waals surface area (Å²) in [6, 6.07) is -0.349. The first kappa shape index (κ1) is 15.9. The van der Waals surface area contributed by atoms with Crippen molar-refractivity contribution in [3.05, 3.63) is 0 Å². The van der Waals surface area contributed by atoms with Crippen molar-refractivity contribution in [2.24, 2.45) is 5.41 Å². The van der Waals surface area contributed by atoms with Crippen molar-refractivity contribution >= 4 is 17.8 Å². The molecule has 2 saturated heterocycles. The van der Waals surface area contributed by atoms with Gasteiger partial charge in [0.2, 0.25) is 11.8 Å². The Morgan fingerprint density at radius 3 is 2.38 bits per heavy atom. The second-order valence-electron chi connectivity index (χ2n) is 6.23. The zero-order valence-electron chi connectivity index (χ0n) is 13.3. The molecule has 2 rings (SSSR count). The van der Waals surface area contributed by atoms with Crippen LogP contribution in [0.5, 0.6) is 0 Å². The minimum Gasteiger partial charge on any atom is -0.304 e. The number of hydrogen-bond donors (Lipinski definition) is 1. The summed E-state index contributed by atoms with van der Waals surface area (Å²) in [5.74, 6) is -0.761. The van der Waals surface area contributed by atoms with E-state index >= 15 is 0 Å². The fourth-order valence-corrected chi connectivity index (χ4v) is 3.40. The molecule has 118 valence electrons. The van der Waals surface area contributed by atoms with Gasteiger partial charge in [-0.3, -0.25) is 19.8 Å². The SMILES string of the molecule is CCC1(CC)C(=O)NC(=O)N(C2CCN(C)C(C)C2)C1=O. The largest absolute Gasteiger partial charge is 0.331 e. The number of carbonyl (C=O) groups excluding carboxylic acids is 3. The van der Waals surface area contributed by atoms with Gasteiger partial charge in [-0.1, -0.05) is 13.8 Å². The van der Waals surface area contributed by atoms with E-state index in [1.807, 2.05) is 20.9 Å². The molecule has 2 fully saturated rings. The average Bonchev–Trinajstić information content (AvgIpc) is 2.44. The minimum atomic E-state index is -1.08. The average molecular weight is 295 g/mol. The number of rotatable bonds is 3. The molecule has 2 aliphatic heterocycles. The Kier molecular flexibility index (Phi) is 4.37. The maximum absolute atomic E-state index is 12.8. The van der Waals surface area contributed by atoms with Gasteiger partial charge in [-0.15, -0.1) is 0 Å². The molecule has 4 amide bonds. The van der Waals surface area contributed by atoms with Crippen molar-refractivity contribution in [1.82, 2.24) is 15.1 Å². The van der Waals surface area contributed by atoms with Crippen molar-refractivity contribution in [1.29, 1.82) is 0 Å². The van der Waals surface area contributed by atoms with Crippen molar-refractivity contribution in [3.8, 4) is 0 Å². The lowest BCUT2D eigenvalue weighted by Gasteiger charge is -2.45. The minimum absolute atomic E-state index is 0.116. The monoisotopic (exact) mass is 295 g/mol. The first-order valence-corrected chi connectivity index (χ1v) is 7.76. The molecule has 2 aliphatic rings. The summed E-state index contributed by atoms with van der Waals surface area (Å²) in [6.45, 7) is 6.59. The van der Waals surface area contributed by atoms with E-state index in [1.54, 1.807) is 0 Å². The Hall–Kier alpha value is -1.43. The predicted octanol–water partition coefficient (Wildman–Crippen LogP) is 1.35. The van der Waals surface area contributed by atoms with Gasteiger partial charge in [-0.25, -0.2) is 4.79 Å². The van der Waals surface area contributed by atoms with Gasteiger partial charge in [0.25, 0.3) is 0 Å². The number of nitrogens with one attached hydrogen (secondary N) is 1. The summed E-state index contributed by atoms with van der Waals surface area (Å²) < 4.78 is 0. The van der Waals surface area contributed by atoms with Crippen LogP contribution in [0.15, 0.2) is 0 Å². The fraction of sp³-hybridized carbons (Fsp3) is 0.800. The van der Waals surface area contributed by atoms with Gasteiger partial charge in [0.05, 0.1) is 0 Å². The standard InChI is InChI=1S/C15H25N3O3/c1-5-15(6-2)12(19)16-14(21)18(13(15)20)11-7-8-17(4)10(3)9-11/h10-11H,5-9H2,1-4H3,(H,16,19,21). The normalized spacial score (nSPS) is 30.5. The molecule has 6 nitrogen and oxygen atoms in total. The molecule has 0 bridgehead atoms. The molecule has 0 spiro atoms. The van der Waals surface area contributed by atoms with E-state index in [0.29, 0.717) is 18.9 Å². The van der Waals surface area contributed by atoms with Gasteiger partial charge in [0, 0.05) is 18.6 Å². The van der Waals surface area contributed by atoms with E-state index in [2.05, 4.69) is 17.1 Å². The molecule has 2 atom stereocenters. The van der Waals surface area contributed by atoms with Crippen molar-refractivity contribution in [2.45, 2.75) is 58.5 Å². The lowest BCUT2D eigenvalue weighted by molar-refractivity contribution is -0.154. The number of piperidine rings is 1. The number of carbonyl (C=O) groups is 3. The number of likely N-dealkylation sites (tertiary alicyclic amines) is 1. The molecule has 21 heavy (non-hydrogen) atoms. The van der Waals surface area contributed by atoms with Gasteiger partial charge >= 0.3 is 6.03 Å². The first-order valence-electron chi connectivity index (χ1n) is 7.76. The Balaban J connectivity index is 2.28. The zero-order valence-corrected chi connectivity index (χ0v) is 13.3. The van der Waals surface area contributed by atoms with E-state index in [1.165, 1.54) is 4.90 Å². The van der Waals surface area contributed by atoms with Crippen molar-refractivity contribution in [2.75, 3.05) is 13.6 Å². The molecule has 0 saturated carbocycles. The molecule has 0 radical (unpaired) electrons. The summed E-state index contributed by atoms with van der Waals surface area (Å²) in [5.41, 5.74) is -1.08. The molecular formula is C15H25N3O3. The molecule has 2 heterocycles. The third-order valence-electron chi connectivity index (χ3n) is 5.26. The molecule has 2 unspecified atom stereocenters. The summed E-state index contributed by atoms with van der Waals surface area (Å²) in [4.78, 5) is 40.7. The molecule has 0 aromatic heterocycles. The van der Waals surface area contributed by atoms with Crippen LogP contribution in [-0.4, -0.2) is 53.3 Å². The first-order chi connectivity index (χ1) is 9.87. The third-order valence-corrected chi connectivity index (χ3v) is 5.26. The van der Waals surface area contributed by atoms with Crippen molar-refractivity contribution < 1.29 is 14.4 Å². The molecular weight excluding hydrogens is 270 g/mol. The highest BCUT2D eigenvalue weighted by molar-refractivity contribution is 6.19. The van der Waals surface area contributed by atoms with E-state index in [0.717, 1.165) is 19.4 Å². The second-order valence-corrected chi connectivity index (χ2v) is 6.23. The highest BCUT2D eigenvalue weighted by Crippen LogP contribution is 2.35. The Bertz CT molecular complexity index is 459. The molecule has 1 N–H and O–H groups in total. The number of nitrogens with zero attached hydrogens (tertiary/aromatic N) is 2. The lowest BCUT2D eigenvalue weighted by Crippen LogP contribution is -2.67. The van der Waals surface area contributed by atoms with E-state index in [9.17, 15) is 14.4 Å². The van der Waals surface area contributed by atoms with Crippen LogP contribution in [0.4, 0.5) is 4.79 Å². The maximum Gasteiger partial charge on any atom is 0.331 e. The number of hydrogen-bond acceptors (Lipinski definition) is 4. The summed E-state index contributed by atoms with van der Waals surface area (Å²) in [7, 11) is 2.05. The smallest absolute Gasteiger partial charge is 0.304 e. The number of imide groups is 2. The second kappa shape index (κ2) is 5.75. The quantitative estimate of drug-likeness (QED) is 0.798. The zero-order chi connectivity index (χ0) is 15.8. The number of urea groups is 1. The van der Waals surface area contributed by atoms with Gasteiger partial charge in [0.1, 0.15) is 5.41 Å². The predicted molar refractivity (Wildman–Crippen MR) is 78.5 cm³/mol. The Morgan fingerprint density at radius 1 is 1.24 bits per heavy atom. The van der Waals surface area contributed by atoms with Crippen LogP contribution < -0.4 is 5.32 Å². The van der Waals surface area contributed by atoms with Crippen molar-refractivity contribution in [3.63, 3.8) is 0 Å². The van der Waals surface area contributed by atoms with E-state index in [4.69, 9.17) is 0 Å². The third kappa shape index (κ3) is 2.46. The topological polar surface area (TPSA) is 69.7 Å². The van der Waals surface area contributed by atoms with Gasteiger partial charge in [0.15, 0.2) is 0 Å². The molecule has 6 heteroatoms. The lowest BCUT2D eigenvalue weighted by atomic mass is 9.78. The number of barbiturate groups is 1. The number of amides is 4. The van der Waals surface area contributed by atoms with Crippen LogP contribution in [0, 0.1) is 5.41 Å². The highest BCUT2D eigenvalue weighted by atomic mass is 16.2. The molecule has 0 aromatic carbocycles. The Labute approximate surface area is 125 Å². The van der Waals surface area contributed by atoms with Crippen LogP contribution in [0.1, 0.15) is 46.5 Å². The van der Waals surface area contributed by atoms with Gasteiger partial charge < -0.3 is 4.90 Å². The Morgan fingerprint density at radius 2 is 1.86 bits per heavy atom. The van der Waals surface area contributed by atoms with Crippen LogP contribution in [0.3, 0.4) is 0 Å². The van der Waals surface area contributed by atoms with E-state index in [-0.39, 0.29) is 11.9 Å². The van der Waals surface area contributed by atoms with Crippen LogP contribution in [0.2, 0.25) is 0 Å². The van der Waals surface area contributed by atoms with Crippen LogP contribution in [0.25, 0.3) is 0 Å².